The molecule has 1 heterocycles. The molecule has 0 bridgehead atoms. The Bertz CT molecular complexity index is 303. The molecule has 0 aromatic carbocycles. The van der Waals surface area contributed by atoms with Crippen LogP contribution in [0.5, 0.6) is 0 Å². The standard InChI is InChI=1S/C11H20N4/c1-14(10-4-2-5-10)7-3-8-15-9-6-11(12)13-15/h6,9-10H,2-5,7-8H2,1H3,(H2,12,13). The van der Waals surface area contributed by atoms with Crippen molar-refractivity contribution in [3.8, 4) is 0 Å². The minimum Gasteiger partial charge on any atom is -0.382 e. The molecule has 0 atom stereocenters. The molecule has 0 spiro atoms. The topological polar surface area (TPSA) is 47.1 Å². The molecular formula is C11H20N4. The molecule has 1 aliphatic carbocycles. The number of rotatable bonds is 5. The second-order valence-corrected chi connectivity index (χ2v) is 4.42. The van der Waals surface area contributed by atoms with Crippen LogP contribution >= 0.6 is 0 Å². The van der Waals surface area contributed by atoms with E-state index in [0.717, 1.165) is 25.6 Å². The minimum absolute atomic E-state index is 0.613. The number of hydrogen-bond acceptors (Lipinski definition) is 3. The van der Waals surface area contributed by atoms with E-state index in [-0.39, 0.29) is 0 Å². The molecule has 1 aromatic rings. The number of nitrogen functional groups attached to an aromatic ring is 1. The zero-order chi connectivity index (χ0) is 10.7. The van der Waals surface area contributed by atoms with E-state index in [2.05, 4.69) is 17.0 Å². The molecule has 15 heavy (non-hydrogen) atoms. The second kappa shape index (κ2) is 4.66. The summed E-state index contributed by atoms with van der Waals surface area (Å²) in [5, 5.41) is 4.16. The van der Waals surface area contributed by atoms with Gasteiger partial charge in [-0.15, -0.1) is 0 Å². The lowest BCUT2D eigenvalue weighted by molar-refractivity contribution is 0.156. The highest BCUT2D eigenvalue weighted by Gasteiger charge is 2.21. The maximum atomic E-state index is 5.55. The van der Waals surface area contributed by atoms with Gasteiger partial charge in [0.1, 0.15) is 5.82 Å². The van der Waals surface area contributed by atoms with Crippen molar-refractivity contribution >= 4 is 5.82 Å². The molecule has 1 fully saturated rings. The molecule has 0 saturated heterocycles. The van der Waals surface area contributed by atoms with Gasteiger partial charge >= 0.3 is 0 Å². The second-order valence-electron chi connectivity index (χ2n) is 4.42. The summed E-state index contributed by atoms with van der Waals surface area (Å²) in [6, 6.07) is 2.68. The molecule has 0 amide bonds. The van der Waals surface area contributed by atoms with Crippen LogP contribution < -0.4 is 5.73 Å². The van der Waals surface area contributed by atoms with E-state index >= 15 is 0 Å². The van der Waals surface area contributed by atoms with Crippen molar-refractivity contribution < 1.29 is 0 Å². The van der Waals surface area contributed by atoms with E-state index in [1.165, 1.54) is 19.3 Å². The Hall–Kier alpha value is -1.03. The van der Waals surface area contributed by atoms with Crippen LogP contribution in [-0.4, -0.2) is 34.3 Å². The summed E-state index contributed by atoms with van der Waals surface area (Å²) in [5.41, 5.74) is 5.55. The van der Waals surface area contributed by atoms with Gasteiger partial charge < -0.3 is 10.6 Å². The average Bonchev–Trinajstić information content (AvgIpc) is 2.48. The number of nitrogens with two attached hydrogens (primary N) is 1. The van der Waals surface area contributed by atoms with Gasteiger partial charge in [-0.3, -0.25) is 4.68 Å². The summed E-state index contributed by atoms with van der Waals surface area (Å²) in [4.78, 5) is 2.47. The number of aryl methyl sites for hydroxylation is 1. The fraction of sp³-hybridized carbons (Fsp3) is 0.727. The maximum Gasteiger partial charge on any atom is 0.145 e. The lowest BCUT2D eigenvalue weighted by Crippen LogP contribution is -2.37. The Balaban J connectivity index is 1.65. The number of nitrogens with zero attached hydrogens (tertiary/aromatic N) is 3. The van der Waals surface area contributed by atoms with E-state index < -0.39 is 0 Å². The lowest BCUT2D eigenvalue weighted by Gasteiger charge is -2.34. The molecule has 0 radical (unpaired) electrons. The van der Waals surface area contributed by atoms with Gasteiger partial charge in [-0.05, 0) is 38.9 Å². The summed E-state index contributed by atoms with van der Waals surface area (Å²) >= 11 is 0. The predicted molar refractivity (Wildman–Crippen MR) is 61.5 cm³/mol. The van der Waals surface area contributed by atoms with Crippen molar-refractivity contribution in [3.05, 3.63) is 12.3 Å². The Morgan fingerprint density at radius 2 is 2.40 bits per heavy atom. The Morgan fingerprint density at radius 3 is 2.93 bits per heavy atom. The summed E-state index contributed by atoms with van der Waals surface area (Å²) in [6.07, 6.45) is 7.26. The van der Waals surface area contributed by atoms with Crippen LogP contribution in [0.2, 0.25) is 0 Å². The monoisotopic (exact) mass is 208 g/mol. The van der Waals surface area contributed by atoms with Crippen LogP contribution in [0.1, 0.15) is 25.7 Å². The average molecular weight is 208 g/mol. The molecule has 0 aliphatic heterocycles. The van der Waals surface area contributed by atoms with Crippen molar-refractivity contribution in [2.75, 3.05) is 19.3 Å². The van der Waals surface area contributed by atoms with Gasteiger partial charge in [-0.2, -0.15) is 5.10 Å². The van der Waals surface area contributed by atoms with Gasteiger partial charge in [0.15, 0.2) is 0 Å². The van der Waals surface area contributed by atoms with Gasteiger partial charge in [-0.1, -0.05) is 6.42 Å². The zero-order valence-electron chi connectivity index (χ0n) is 9.39. The summed E-state index contributed by atoms with van der Waals surface area (Å²) in [5.74, 6) is 0.613. The van der Waals surface area contributed by atoms with Gasteiger partial charge in [0.25, 0.3) is 0 Å². The van der Waals surface area contributed by atoms with Crippen molar-refractivity contribution in [2.24, 2.45) is 0 Å². The fourth-order valence-corrected chi connectivity index (χ4v) is 1.99. The Labute approximate surface area is 91.1 Å². The highest BCUT2D eigenvalue weighted by Crippen LogP contribution is 2.23. The smallest absolute Gasteiger partial charge is 0.145 e. The molecule has 1 saturated carbocycles. The fourth-order valence-electron chi connectivity index (χ4n) is 1.99. The molecule has 0 unspecified atom stereocenters. The third-order valence-corrected chi connectivity index (χ3v) is 3.26. The highest BCUT2D eigenvalue weighted by molar-refractivity contribution is 5.23. The maximum absolute atomic E-state index is 5.55. The molecule has 4 heteroatoms. The first-order valence-electron chi connectivity index (χ1n) is 5.75. The van der Waals surface area contributed by atoms with Crippen LogP contribution in [0.4, 0.5) is 5.82 Å². The van der Waals surface area contributed by atoms with Crippen LogP contribution in [0.15, 0.2) is 12.3 Å². The normalized spacial score (nSPS) is 16.9. The van der Waals surface area contributed by atoms with Gasteiger partial charge in [0.05, 0.1) is 0 Å². The first-order chi connectivity index (χ1) is 7.25. The molecule has 2 N–H and O–H groups in total. The summed E-state index contributed by atoms with van der Waals surface area (Å²) in [6.45, 7) is 2.12. The van der Waals surface area contributed by atoms with E-state index in [4.69, 9.17) is 5.73 Å². The molecule has 2 rings (SSSR count). The summed E-state index contributed by atoms with van der Waals surface area (Å²) in [7, 11) is 2.22. The minimum atomic E-state index is 0.613. The number of hydrogen-bond donors (Lipinski definition) is 1. The molecule has 1 aliphatic rings. The van der Waals surface area contributed by atoms with Crippen molar-refractivity contribution in [1.82, 2.24) is 14.7 Å². The number of anilines is 1. The molecule has 1 aromatic heterocycles. The van der Waals surface area contributed by atoms with Crippen molar-refractivity contribution in [1.29, 1.82) is 0 Å². The SMILES string of the molecule is CN(CCCn1ccc(N)n1)C1CCC1. The van der Waals surface area contributed by atoms with E-state index in [0.29, 0.717) is 5.82 Å². The largest absolute Gasteiger partial charge is 0.382 e. The van der Waals surface area contributed by atoms with Crippen LogP contribution in [-0.2, 0) is 6.54 Å². The van der Waals surface area contributed by atoms with Crippen LogP contribution in [0.3, 0.4) is 0 Å². The van der Waals surface area contributed by atoms with Gasteiger partial charge in [0.2, 0.25) is 0 Å². The van der Waals surface area contributed by atoms with E-state index in [9.17, 15) is 0 Å². The molecule has 84 valence electrons. The van der Waals surface area contributed by atoms with Gasteiger partial charge in [-0.25, -0.2) is 0 Å². The Kier molecular flexibility index (Phi) is 3.26. The van der Waals surface area contributed by atoms with E-state index in [1.807, 2.05) is 16.9 Å². The lowest BCUT2D eigenvalue weighted by atomic mass is 9.92. The molecular weight excluding hydrogens is 188 g/mol. The third-order valence-electron chi connectivity index (χ3n) is 3.26. The van der Waals surface area contributed by atoms with Crippen LogP contribution in [0, 0.1) is 0 Å². The predicted octanol–water partition coefficient (Wildman–Crippen LogP) is 1.34. The quantitative estimate of drug-likeness (QED) is 0.794. The first kappa shape index (κ1) is 10.5. The van der Waals surface area contributed by atoms with Gasteiger partial charge in [0, 0.05) is 18.8 Å². The first-order valence-corrected chi connectivity index (χ1v) is 5.75. The van der Waals surface area contributed by atoms with E-state index in [1.54, 1.807) is 0 Å². The van der Waals surface area contributed by atoms with Crippen molar-refractivity contribution in [3.63, 3.8) is 0 Å². The Morgan fingerprint density at radius 1 is 1.60 bits per heavy atom. The molecule has 4 nitrogen and oxygen atoms in total. The zero-order valence-corrected chi connectivity index (χ0v) is 9.39. The number of aromatic nitrogens is 2. The highest BCUT2D eigenvalue weighted by atomic mass is 15.3. The van der Waals surface area contributed by atoms with Crippen molar-refractivity contribution in [2.45, 2.75) is 38.3 Å². The third kappa shape index (κ3) is 2.72. The van der Waals surface area contributed by atoms with Crippen LogP contribution in [0.25, 0.3) is 0 Å². The summed E-state index contributed by atoms with van der Waals surface area (Å²) < 4.78 is 1.92.